The number of pyridine rings is 1. The Balaban J connectivity index is 1.97. The number of fused-ring (bicyclic) bond motifs is 1. The van der Waals surface area contributed by atoms with Crippen LogP contribution in [0.1, 0.15) is 10.5 Å². The van der Waals surface area contributed by atoms with Crippen molar-refractivity contribution in [2.24, 2.45) is 5.73 Å². The fourth-order valence-electron chi connectivity index (χ4n) is 2.70. The topological polar surface area (TPSA) is 114 Å². The van der Waals surface area contributed by atoms with E-state index in [-0.39, 0.29) is 18.1 Å². The van der Waals surface area contributed by atoms with E-state index in [1.807, 2.05) is 30.3 Å². The fourth-order valence-corrected chi connectivity index (χ4v) is 2.70. The minimum absolute atomic E-state index is 0.173. The molecule has 0 atom stereocenters. The summed E-state index contributed by atoms with van der Waals surface area (Å²) in [6, 6.07) is 16.3. The quantitative estimate of drug-likeness (QED) is 0.574. The molecule has 7 heteroatoms. The smallest absolute Gasteiger partial charge is 0.270 e. The van der Waals surface area contributed by atoms with E-state index in [1.54, 1.807) is 24.3 Å². The Morgan fingerprint density at radius 3 is 2.61 bits per heavy atom. The Labute approximate surface area is 161 Å². The van der Waals surface area contributed by atoms with E-state index in [0.717, 1.165) is 16.3 Å². The lowest BCUT2D eigenvalue weighted by atomic mass is 10.0. The van der Waals surface area contributed by atoms with E-state index in [4.69, 9.17) is 5.73 Å². The summed E-state index contributed by atoms with van der Waals surface area (Å²) in [5, 5.41) is 6.98. The Kier molecular flexibility index (Phi) is 5.45. The fraction of sp³-hybridized carbons (Fsp3) is 0.0476. The lowest BCUT2D eigenvalue weighted by molar-refractivity contribution is -0.117. The van der Waals surface area contributed by atoms with Crippen molar-refractivity contribution in [2.75, 3.05) is 11.9 Å². The van der Waals surface area contributed by atoms with Crippen molar-refractivity contribution < 1.29 is 14.4 Å². The maximum absolute atomic E-state index is 12.1. The summed E-state index contributed by atoms with van der Waals surface area (Å²) in [6.07, 6.45) is 1.21. The van der Waals surface area contributed by atoms with Crippen LogP contribution in [0.2, 0.25) is 0 Å². The van der Waals surface area contributed by atoms with Crippen molar-refractivity contribution in [1.82, 2.24) is 10.3 Å². The molecule has 1 heterocycles. The van der Waals surface area contributed by atoms with Crippen molar-refractivity contribution in [3.63, 3.8) is 0 Å². The van der Waals surface area contributed by atoms with Crippen LogP contribution in [0.3, 0.4) is 0 Å². The number of aromatic nitrogens is 1. The number of nitrogens with two attached hydrogens (primary N) is 1. The maximum atomic E-state index is 12.1. The molecule has 0 aliphatic heterocycles. The highest BCUT2D eigenvalue weighted by atomic mass is 16.2. The van der Waals surface area contributed by atoms with Gasteiger partial charge in [-0.1, -0.05) is 36.9 Å². The van der Waals surface area contributed by atoms with Crippen molar-refractivity contribution in [3.05, 3.63) is 72.9 Å². The molecule has 4 N–H and O–H groups in total. The summed E-state index contributed by atoms with van der Waals surface area (Å²) < 4.78 is 0. The molecule has 0 radical (unpaired) electrons. The second kappa shape index (κ2) is 8.13. The summed E-state index contributed by atoms with van der Waals surface area (Å²) in [5.41, 5.74) is 7.22. The predicted octanol–water partition coefficient (Wildman–Crippen LogP) is 2.24. The van der Waals surface area contributed by atoms with Gasteiger partial charge in [-0.25, -0.2) is 4.98 Å². The summed E-state index contributed by atoms with van der Waals surface area (Å²) in [7, 11) is 0. The normalized spacial score (nSPS) is 10.3. The Bertz CT molecular complexity index is 1090. The van der Waals surface area contributed by atoms with Gasteiger partial charge in [0.15, 0.2) is 0 Å². The van der Waals surface area contributed by atoms with Gasteiger partial charge in [-0.2, -0.15) is 0 Å². The van der Waals surface area contributed by atoms with Crippen LogP contribution in [-0.2, 0) is 9.59 Å². The lowest BCUT2D eigenvalue weighted by Crippen LogP contribution is -2.33. The zero-order valence-electron chi connectivity index (χ0n) is 14.9. The number of benzene rings is 2. The molecule has 28 heavy (non-hydrogen) atoms. The number of carbonyl (C=O) groups is 3. The average Bonchev–Trinajstić information content (AvgIpc) is 2.71. The molecule has 3 aromatic rings. The molecule has 0 saturated carbocycles. The van der Waals surface area contributed by atoms with Crippen LogP contribution in [0.4, 0.5) is 5.69 Å². The molecule has 0 unspecified atom stereocenters. The van der Waals surface area contributed by atoms with Gasteiger partial charge in [0, 0.05) is 16.6 Å². The second-order valence-corrected chi connectivity index (χ2v) is 5.99. The van der Waals surface area contributed by atoms with Gasteiger partial charge in [-0.3, -0.25) is 14.4 Å². The molecular weight excluding hydrogens is 356 g/mol. The SMILES string of the molecule is C=CC(=O)Nc1cccc2ccc(-c3cccc(C(=O)NCC(N)=O)n3)cc12. The number of hydrogen-bond donors (Lipinski definition) is 3. The number of nitrogens with one attached hydrogen (secondary N) is 2. The van der Waals surface area contributed by atoms with Crippen LogP contribution in [0.15, 0.2) is 67.3 Å². The van der Waals surface area contributed by atoms with E-state index in [9.17, 15) is 14.4 Å². The molecule has 7 nitrogen and oxygen atoms in total. The van der Waals surface area contributed by atoms with Crippen molar-refractivity contribution in [2.45, 2.75) is 0 Å². The van der Waals surface area contributed by atoms with Crippen LogP contribution in [0.5, 0.6) is 0 Å². The average molecular weight is 374 g/mol. The van der Waals surface area contributed by atoms with Crippen LogP contribution in [0, 0.1) is 0 Å². The van der Waals surface area contributed by atoms with Gasteiger partial charge in [0.25, 0.3) is 5.91 Å². The first-order chi connectivity index (χ1) is 13.5. The standard InChI is InChI=1S/C21H18N4O3/c1-2-20(27)25-17-7-3-5-13-9-10-14(11-15(13)17)16-6-4-8-18(24-16)21(28)23-12-19(22)26/h2-11H,1,12H2,(H2,22,26)(H,23,28)(H,25,27). The molecule has 0 aliphatic rings. The zero-order chi connectivity index (χ0) is 20.1. The first-order valence-electron chi connectivity index (χ1n) is 8.48. The van der Waals surface area contributed by atoms with Gasteiger partial charge in [-0.05, 0) is 35.7 Å². The Morgan fingerprint density at radius 1 is 1.07 bits per heavy atom. The third kappa shape index (κ3) is 4.21. The molecule has 0 aliphatic carbocycles. The third-order valence-electron chi connectivity index (χ3n) is 4.03. The molecule has 1 aromatic heterocycles. The molecule has 0 fully saturated rings. The molecule has 3 rings (SSSR count). The number of hydrogen-bond acceptors (Lipinski definition) is 4. The lowest BCUT2D eigenvalue weighted by Gasteiger charge is -2.10. The molecule has 3 amide bonds. The van der Waals surface area contributed by atoms with E-state index in [0.29, 0.717) is 11.4 Å². The van der Waals surface area contributed by atoms with Crippen molar-refractivity contribution >= 4 is 34.2 Å². The van der Waals surface area contributed by atoms with Crippen molar-refractivity contribution in [3.8, 4) is 11.3 Å². The second-order valence-electron chi connectivity index (χ2n) is 5.99. The number of primary amides is 1. The maximum Gasteiger partial charge on any atom is 0.270 e. The predicted molar refractivity (Wildman–Crippen MR) is 108 cm³/mol. The summed E-state index contributed by atoms with van der Waals surface area (Å²) in [6.45, 7) is 3.21. The first kappa shape index (κ1) is 18.8. The summed E-state index contributed by atoms with van der Waals surface area (Å²) in [4.78, 5) is 39.0. The van der Waals surface area contributed by atoms with Gasteiger partial charge in [0.1, 0.15) is 5.69 Å². The van der Waals surface area contributed by atoms with E-state index in [2.05, 4.69) is 22.2 Å². The van der Waals surface area contributed by atoms with Crippen LogP contribution < -0.4 is 16.4 Å². The molecule has 0 spiro atoms. The third-order valence-corrected chi connectivity index (χ3v) is 4.03. The van der Waals surface area contributed by atoms with Gasteiger partial charge in [-0.15, -0.1) is 0 Å². The summed E-state index contributed by atoms with van der Waals surface area (Å²) >= 11 is 0. The van der Waals surface area contributed by atoms with Crippen LogP contribution >= 0.6 is 0 Å². The number of anilines is 1. The molecule has 140 valence electrons. The number of rotatable bonds is 6. The van der Waals surface area contributed by atoms with Gasteiger partial charge in [0.2, 0.25) is 11.8 Å². The monoisotopic (exact) mass is 374 g/mol. The number of amides is 3. The minimum Gasteiger partial charge on any atom is -0.368 e. The number of nitrogens with zero attached hydrogens (tertiary/aromatic N) is 1. The zero-order valence-corrected chi connectivity index (χ0v) is 14.9. The van der Waals surface area contributed by atoms with Crippen LogP contribution in [-0.4, -0.2) is 29.3 Å². The van der Waals surface area contributed by atoms with Gasteiger partial charge in [0.05, 0.1) is 12.2 Å². The Hall–Kier alpha value is -4.00. The van der Waals surface area contributed by atoms with E-state index < -0.39 is 11.8 Å². The van der Waals surface area contributed by atoms with Crippen molar-refractivity contribution in [1.29, 1.82) is 0 Å². The largest absolute Gasteiger partial charge is 0.368 e. The first-order valence-corrected chi connectivity index (χ1v) is 8.48. The summed E-state index contributed by atoms with van der Waals surface area (Å²) in [5.74, 6) is -1.42. The molecule has 0 saturated heterocycles. The number of carbonyl (C=O) groups excluding carboxylic acids is 3. The molecule has 0 bridgehead atoms. The van der Waals surface area contributed by atoms with Crippen LogP contribution in [0.25, 0.3) is 22.0 Å². The Morgan fingerprint density at radius 2 is 1.86 bits per heavy atom. The highest BCUT2D eigenvalue weighted by molar-refractivity contribution is 6.06. The van der Waals surface area contributed by atoms with E-state index in [1.165, 1.54) is 6.08 Å². The van der Waals surface area contributed by atoms with Gasteiger partial charge >= 0.3 is 0 Å². The molecular formula is C21H18N4O3. The minimum atomic E-state index is -0.631. The highest BCUT2D eigenvalue weighted by Gasteiger charge is 2.11. The van der Waals surface area contributed by atoms with E-state index >= 15 is 0 Å². The highest BCUT2D eigenvalue weighted by Crippen LogP contribution is 2.28. The van der Waals surface area contributed by atoms with Gasteiger partial charge < -0.3 is 16.4 Å². The molecule has 2 aromatic carbocycles.